The Hall–Kier alpha value is -3.66. The lowest BCUT2D eigenvalue weighted by Gasteiger charge is -2.32. The highest BCUT2D eigenvalue weighted by Crippen LogP contribution is 2.34. The summed E-state index contributed by atoms with van der Waals surface area (Å²) in [6.45, 7) is 0.571. The molecule has 5 rings (SSSR count). The van der Waals surface area contributed by atoms with Gasteiger partial charge in [0.2, 0.25) is 5.91 Å². The largest absolute Gasteiger partial charge is 0.339 e. The Kier molecular flexibility index (Phi) is 6.06. The van der Waals surface area contributed by atoms with Crippen LogP contribution in [-0.2, 0) is 11.3 Å². The van der Waals surface area contributed by atoms with Crippen LogP contribution in [0.4, 0.5) is 29.1 Å². The van der Waals surface area contributed by atoms with Crippen LogP contribution in [0.1, 0.15) is 18.7 Å². The number of benzene rings is 2. The molecule has 1 fully saturated rings. The third-order valence-corrected chi connectivity index (χ3v) is 6.18. The smallest absolute Gasteiger partial charge is 0.250 e. The molecule has 0 aliphatic carbocycles. The maximum absolute atomic E-state index is 13.5. The lowest BCUT2D eigenvalue weighted by Crippen LogP contribution is -2.45. The van der Waals surface area contributed by atoms with Gasteiger partial charge in [-0.3, -0.25) is 14.3 Å². The lowest BCUT2D eigenvalue weighted by molar-refractivity contribution is -0.132. The van der Waals surface area contributed by atoms with Crippen LogP contribution < -0.4 is 5.32 Å². The van der Waals surface area contributed by atoms with Crippen molar-refractivity contribution in [2.75, 3.05) is 25.0 Å². The molecule has 35 heavy (non-hydrogen) atoms. The van der Waals surface area contributed by atoms with Gasteiger partial charge in [0.1, 0.15) is 29.0 Å². The van der Waals surface area contributed by atoms with E-state index < -0.39 is 5.92 Å². The first-order valence-corrected chi connectivity index (χ1v) is 11.2. The molecule has 0 spiro atoms. The van der Waals surface area contributed by atoms with E-state index in [0.29, 0.717) is 28.6 Å². The third kappa shape index (κ3) is 5.07. The maximum atomic E-state index is 13.5. The van der Waals surface area contributed by atoms with Crippen LogP contribution in [0.3, 0.4) is 0 Å². The standard InChI is InChI=1S/C25H23F4N5O/c26-18-3-1-17(2-4-18)23-24(30-20-7-5-19(27)6-8-20)34-14-13-33(15-21(34)31-23)22(35)16-32-11-9-25(28,29)10-12-32/h1-8,13-14,30H,9-12,15-16H2. The van der Waals surface area contributed by atoms with Crippen LogP contribution in [-0.4, -0.2) is 50.8 Å². The van der Waals surface area contributed by atoms with E-state index in [2.05, 4.69) is 5.32 Å². The predicted octanol–water partition coefficient (Wildman–Crippen LogP) is 5.07. The number of rotatable bonds is 5. The second-order valence-electron chi connectivity index (χ2n) is 8.69. The summed E-state index contributed by atoms with van der Waals surface area (Å²) in [6, 6.07) is 11.7. The summed E-state index contributed by atoms with van der Waals surface area (Å²) in [5.74, 6) is -2.47. The molecule has 0 unspecified atom stereocenters. The number of alkyl halides is 2. The number of piperidine rings is 1. The molecule has 3 aromatic rings. The molecular weight excluding hydrogens is 462 g/mol. The Morgan fingerprint density at radius 3 is 2.23 bits per heavy atom. The number of fused-ring (bicyclic) bond motifs is 1. The van der Waals surface area contributed by atoms with Crippen molar-refractivity contribution in [3.8, 4) is 11.3 Å². The van der Waals surface area contributed by atoms with Crippen LogP contribution >= 0.6 is 0 Å². The van der Waals surface area contributed by atoms with Crippen molar-refractivity contribution in [3.63, 3.8) is 0 Å². The number of hydrogen-bond donors (Lipinski definition) is 1. The summed E-state index contributed by atoms with van der Waals surface area (Å²) < 4.78 is 55.5. The maximum Gasteiger partial charge on any atom is 0.250 e. The summed E-state index contributed by atoms with van der Waals surface area (Å²) in [5.41, 5.74) is 1.84. The molecule has 0 bridgehead atoms. The Balaban J connectivity index is 1.39. The van der Waals surface area contributed by atoms with Gasteiger partial charge < -0.3 is 10.2 Å². The number of likely N-dealkylation sites (tertiary alicyclic amines) is 1. The summed E-state index contributed by atoms with van der Waals surface area (Å²) >= 11 is 0. The van der Waals surface area contributed by atoms with Crippen molar-refractivity contribution in [3.05, 3.63) is 72.2 Å². The first-order chi connectivity index (χ1) is 16.8. The Morgan fingerprint density at radius 2 is 1.57 bits per heavy atom. The zero-order valence-corrected chi connectivity index (χ0v) is 18.7. The zero-order chi connectivity index (χ0) is 24.6. The molecule has 0 saturated carbocycles. The Bertz CT molecular complexity index is 1240. The molecule has 3 heterocycles. The van der Waals surface area contributed by atoms with Gasteiger partial charge in [-0.25, -0.2) is 22.5 Å². The lowest BCUT2D eigenvalue weighted by atomic mass is 10.1. The van der Waals surface area contributed by atoms with E-state index in [1.807, 2.05) is 0 Å². The number of aromatic nitrogens is 2. The van der Waals surface area contributed by atoms with Crippen molar-refractivity contribution < 1.29 is 22.4 Å². The number of nitrogens with zero attached hydrogens (tertiary/aromatic N) is 4. The number of hydrogen-bond acceptors (Lipinski definition) is 4. The minimum absolute atomic E-state index is 0.0482. The van der Waals surface area contributed by atoms with Gasteiger partial charge in [-0.1, -0.05) is 0 Å². The van der Waals surface area contributed by atoms with Crippen molar-refractivity contribution in [1.82, 2.24) is 19.4 Å². The minimum Gasteiger partial charge on any atom is -0.339 e. The van der Waals surface area contributed by atoms with Gasteiger partial charge in [-0.05, 0) is 48.5 Å². The van der Waals surface area contributed by atoms with Gasteiger partial charge in [0, 0.05) is 49.6 Å². The van der Waals surface area contributed by atoms with E-state index in [9.17, 15) is 22.4 Å². The summed E-state index contributed by atoms with van der Waals surface area (Å²) in [5, 5.41) is 3.24. The highest BCUT2D eigenvalue weighted by Gasteiger charge is 2.35. The van der Waals surface area contributed by atoms with Gasteiger partial charge in [-0.2, -0.15) is 0 Å². The Morgan fingerprint density at radius 1 is 0.943 bits per heavy atom. The second kappa shape index (κ2) is 9.18. The SMILES string of the molecule is O=C(CN1CCC(F)(F)CC1)N1C=Cn2c(nc(-c3ccc(F)cc3)c2Nc2ccc(F)cc2)C1. The number of anilines is 2. The molecule has 1 N–H and O–H groups in total. The molecule has 0 radical (unpaired) electrons. The highest BCUT2D eigenvalue weighted by molar-refractivity contribution is 5.82. The van der Waals surface area contributed by atoms with Crippen LogP contribution in [0.2, 0.25) is 0 Å². The monoisotopic (exact) mass is 485 g/mol. The van der Waals surface area contributed by atoms with E-state index in [-0.39, 0.29) is 56.6 Å². The Labute approximate surface area is 199 Å². The average Bonchev–Trinajstić information content (AvgIpc) is 3.20. The topological polar surface area (TPSA) is 53.4 Å². The number of amides is 1. The van der Waals surface area contributed by atoms with Gasteiger partial charge in [-0.15, -0.1) is 0 Å². The van der Waals surface area contributed by atoms with Crippen LogP contribution in [0, 0.1) is 11.6 Å². The molecular formula is C25H23F4N5O. The minimum atomic E-state index is -2.67. The molecule has 1 aromatic heterocycles. The number of carbonyl (C=O) groups excluding carboxylic acids is 1. The molecule has 182 valence electrons. The molecule has 10 heteroatoms. The van der Waals surface area contributed by atoms with E-state index in [1.165, 1.54) is 29.2 Å². The zero-order valence-electron chi connectivity index (χ0n) is 18.7. The highest BCUT2D eigenvalue weighted by atomic mass is 19.3. The van der Waals surface area contributed by atoms with Crippen molar-refractivity contribution in [1.29, 1.82) is 0 Å². The molecule has 0 atom stereocenters. The summed E-state index contributed by atoms with van der Waals surface area (Å²) in [7, 11) is 0. The van der Waals surface area contributed by atoms with Gasteiger partial charge in [0.25, 0.3) is 5.92 Å². The number of halogens is 4. The summed E-state index contributed by atoms with van der Waals surface area (Å²) in [4.78, 5) is 20.8. The van der Waals surface area contributed by atoms with Gasteiger partial charge >= 0.3 is 0 Å². The van der Waals surface area contributed by atoms with Gasteiger partial charge in [0.05, 0.1) is 13.1 Å². The van der Waals surface area contributed by atoms with Gasteiger partial charge in [0.15, 0.2) is 0 Å². The van der Waals surface area contributed by atoms with Crippen LogP contribution in [0.5, 0.6) is 0 Å². The number of nitrogens with one attached hydrogen (secondary N) is 1. The predicted molar refractivity (Wildman–Crippen MR) is 124 cm³/mol. The van der Waals surface area contributed by atoms with E-state index in [4.69, 9.17) is 4.98 Å². The fraction of sp³-hybridized carbons (Fsp3) is 0.280. The molecule has 6 nitrogen and oxygen atoms in total. The molecule has 2 aromatic carbocycles. The van der Waals surface area contributed by atoms with E-state index in [0.717, 1.165) is 0 Å². The second-order valence-corrected chi connectivity index (χ2v) is 8.69. The molecule has 1 saturated heterocycles. The average molecular weight is 485 g/mol. The van der Waals surface area contributed by atoms with Crippen molar-refractivity contribution in [2.24, 2.45) is 0 Å². The van der Waals surface area contributed by atoms with E-state index >= 15 is 0 Å². The summed E-state index contributed by atoms with van der Waals surface area (Å²) in [6.07, 6.45) is 2.81. The number of carbonyl (C=O) groups is 1. The third-order valence-electron chi connectivity index (χ3n) is 6.18. The first-order valence-electron chi connectivity index (χ1n) is 11.2. The van der Waals surface area contributed by atoms with Crippen molar-refractivity contribution >= 4 is 23.6 Å². The van der Waals surface area contributed by atoms with Crippen molar-refractivity contribution in [2.45, 2.75) is 25.3 Å². The molecule has 2 aliphatic heterocycles. The number of imidazole rings is 1. The van der Waals surface area contributed by atoms with E-state index in [1.54, 1.807) is 46.1 Å². The van der Waals surface area contributed by atoms with Crippen LogP contribution in [0.25, 0.3) is 17.5 Å². The quantitative estimate of drug-likeness (QED) is 0.513. The normalized spacial score (nSPS) is 17.3. The fourth-order valence-corrected chi connectivity index (χ4v) is 4.19. The van der Waals surface area contributed by atoms with Crippen LogP contribution in [0.15, 0.2) is 54.7 Å². The first kappa shape index (κ1) is 23.1. The molecule has 1 amide bonds. The fourth-order valence-electron chi connectivity index (χ4n) is 4.19. The molecule has 2 aliphatic rings.